The fourth-order valence-electron chi connectivity index (χ4n) is 0.803. The molecule has 0 radical (unpaired) electrons. The van der Waals surface area contributed by atoms with Crippen molar-refractivity contribution in [2.75, 3.05) is 18.1 Å². The highest BCUT2D eigenvalue weighted by molar-refractivity contribution is 7.98. The second-order valence-electron chi connectivity index (χ2n) is 2.97. The second kappa shape index (κ2) is 5.47. The lowest BCUT2D eigenvalue weighted by Gasteiger charge is -2.05. The van der Waals surface area contributed by atoms with Crippen LogP contribution in [0.4, 0.5) is 5.13 Å². The predicted octanol–water partition coefficient (Wildman–Crippen LogP) is 1.59. The zero-order chi connectivity index (χ0) is 9.68. The van der Waals surface area contributed by atoms with E-state index < -0.39 is 0 Å². The molecular formula is C8H14N2OS2. The molecule has 0 fully saturated rings. The second-order valence-corrected chi connectivity index (χ2v) is 5.14. The predicted molar refractivity (Wildman–Crippen MR) is 58.9 cm³/mol. The molecule has 0 aliphatic rings. The number of thiazole rings is 1. The largest absolute Gasteiger partial charge is 0.396 e. The molecule has 3 nitrogen and oxygen atoms in total. The Hall–Kier alpha value is -0.260. The van der Waals surface area contributed by atoms with Crippen LogP contribution in [0, 0.1) is 5.92 Å². The quantitative estimate of drug-likeness (QED) is 0.788. The van der Waals surface area contributed by atoms with Gasteiger partial charge in [0.2, 0.25) is 0 Å². The highest BCUT2D eigenvalue weighted by atomic mass is 32.2. The molecule has 1 rings (SSSR count). The third-order valence-corrected chi connectivity index (χ3v) is 3.86. The molecule has 13 heavy (non-hydrogen) atoms. The monoisotopic (exact) mass is 218 g/mol. The molecule has 0 aliphatic heterocycles. The molecule has 0 amide bonds. The van der Waals surface area contributed by atoms with Crippen molar-refractivity contribution in [1.82, 2.24) is 4.98 Å². The summed E-state index contributed by atoms with van der Waals surface area (Å²) in [5, 5.41) is 9.42. The van der Waals surface area contributed by atoms with E-state index in [2.05, 4.69) is 4.98 Å². The number of aliphatic hydroxyl groups is 1. The number of anilines is 1. The highest BCUT2D eigenvalue weighted by Gasteiger charge is 2.02. The van der Waals surface area contributed by atoms with E-state index in [1.165, 1.54) is 16.2 Å². The van der Waals surface area contributed by atoms with Gasteiger partial charge in [-0.3, -0.25) is 0 Å². The van der Waals surface area contributed by atoms with Crippen LogP contribution in [0.1, 0.15) is 11.8 Å². The molecule has 0 aromatic carbocycles. The van der Waals surface area contributed by atoms with Crippen LogP contribution < -0.4 is 5.73 Å². The van der Waals surface area contributed by atoms with Gasteiger partial charge in [-0.25, -0.2) is 4.98 Å². The van der Waals surface area contributed by atoms with Gasteiger partial charge in [0, 0.05) is 23.4 Å². The fourth-order valence-corrected chi connectivity index (χ4v) is 2.67. The number of thioether (sulfide) groups is 1. The van der Waals surface area contributed by atoms with E-state index >= 15 is 0 Å². The van der Waals surface area contributed by atoms with Crippen LogP contribution in [0.3, 0.4) is 0 Å². The lowest BCUT2D eigenvalue weighted by Crippen LogP contribution is -2.03. The third kappa shape index (κ3) is 3.97. The van der Waals surface area contributed by atoms with Crippen LogP contribution in [-0.4, -0.2) is 22.5 Å². The van der Waals surface area contributed by atoms with Gasteiger partial charge in [0.15, 0.2) is 5.13 Å². The van der Waals surface area contributed by atoms with E-state index in [4.69, 9.17) is 10.8 Å². The summed E-state index contributed by atoms with van der Waals surface area (Å²) in [6.45, 7) is 2.30. The van der Waals surface area contributed by atoms with Crippen molar-refractivity contribution < 1.29 is 5.11 Å². The van der Waals surface area contributed by atoms with Crippen LogP contribution in [0.2, 0.25) is 0 Å². The van der Waals surface area contributed by atoms with Gasteiger partial charge in [0.25, 0.3) is 0 Å². The number of aromatic nitrogens is 1. The SMILES string of the molecule is CC(CO)CSCc1cnc(N)s1. The third-order valence-electron chi connectivity index (χ3n) is 1.53. The van der Waals surface area contributed by atoms with Crippen LogP contribution in [0.15, 0.2) is 6.20 Å². The number of rotatable bonds is 5. The molecule has 1 unspecified atom stereocenters. The van der Waals surface area contributed by atoms with Gasteiger partial charge >= 0.3 is 0 Å². The Labute approximate surface area is 86.4 Å². The van der Waals surface area contributed by atoms with Crippen LogP contribution >= 0.6 is 23.1 Å². The summed E-state index contributed by atoms with van der Waals surface area (Å²) in [7, 11) is 0. The van der Waals surface area contributed by atoms with Crippen LogP contribution in [0.25, 0.3) is 0 Å². The van der Waals surface area contributed by atoms with Gasteiger partial charge in [-0.1, -0.05) is 6.92 Å². The van der Waals surface area contributed by atoms with Crippen molar-refractivity contribution in [1.29, 1.82) is 0 Å². The molecule has 0 aliphatic carbocycles. The molecule has 1 aromatic heterocycles. The van der Waals surface area contributed by atoms with Gasteiger partial charge in [-0.15, -0.1) is 11.3 Å². The first kappa shape index (κ1) is 10.8. The molecule has 0 saturated carbocycles. The lowest BCUT2D eigenvalue weighted by molar-refractivity contribution is 0.250. The van der Waals surface area contributed by atoms with Crippen molar-refractivity contribution in [3.63, 3.8) is 0 Å². The summed E-state index contributed by atoms with van der Waals surface area (Å²) in [5.74, 6) is 2.29. The Morgan fingerprint density at radius 3 is 3.08 bits per heavy atom. The minimum absolute atomic E-state index is 0.262. The molecule has 5 heteroatoms. The average molecular weight is 218 g/mol. The number of nitrogen functional groups attached to an aromatic ring is 1. The Morgan fingerprint density at radius 2 is 2.54 bits per heavy atom. The maximum Gasteiger partial charge on any atom is 0.180 e. The van der Waals surface area contributed by atoms with Gasteiger partial charge < -0.3 is 10.8 Å². The zero-order valence-corrected chi connectivity index (χ0v) is 9.20. The maximum absolute atomic E-state index is 8.79. The molecule has 1 heterocycles. The topological polar surface area (TPSA) is 59.1 Å². The van der Waals surface area contributed by atoms with Gasteiger partial charge in [-0.2, -0.15) is 11.8 Å². The van der Waals surface area contributed by atoms with Gasteiger partial charge in [0.05, 0.1) is 0 Å². The maximum atomic E-state index is 8.79. The number of hydrogen-bond acceptors (Lipinski definition) is 5. The van der Waals surface area contributed by atoms with Crippen molar-refractivity contribution in [2.24, 2.45) is 5.92 Å². The summed E-state index contributed by atoms with van der Waals surface area (Å²) in [6, 6.07) is 0. The first-order valence-electron chi connectivity index (χ1n) is 4.11. The number of aliphatic hydroxyl groups excluding tert-OH is 1. The Bertz CT molecular complexity index is 252. The van der Waals surface area contributed by atoms with E-state index in [0.717, 1.165) is 11.5 Å². The molecule has 74 valence electrons. The minimum atomic E-state index is 0.262. The van der Waals surface area contributed by atoms with E-state index in [1.807, 2.05) is 24.9 Å². The van der Waals surface area contributed by atoms with Crippen LogP contribution in [0.5, 0.6) is 0 Å². The van der Waals surface area contributed by atoms with E-state index in [9.17, 15) is 0 Å². The molecule has 1 atom stereocenters. The average Bonchev–Trinajstić information content (AvgIpc) is 2.51. The Kier molecular flexibility index (Phi) is 4.55. The Balaban J connectivity index is 2.20. The molecule has 3 N–H and O–H groups in total. The minimum Gasteiger partial charge on any atom is -0.396 e. The van der Waals surface area contributed by atoms with E-state index in [0.29, 0.717) is 11.0 Å². The number of nitrogens with two attached hydrogens (primary N) is 1. The summed E-state index contributed by atoms with van der Waals surface area (Å²) < 4.78 is 0. The van der Waals surface area contributed by atoms with Gasteiger partial charge in [-0.05, 0) is 11.7 Å². The van der Waals surface area contributed by atoms with Crippen molar-refractivity contribution >= 4 is 28.2 Å². The highest BCUT2D eigenvalue weighted by Crippen LogP contribution is 2.21. The molecule has 0 saturated heterocycles. The zero-order valence-electron chi connectivity index (χ0n) is 7.56. The fraction of sp³-hybridized carbons (Fsp3) is 0.625. The van der Waals surface area contributed by atoms with Crippen molar-refractivity contribution in [3.05, 3.63) is 11.1 Å². The molecular weight excluding hydrogens is 204 g/mol. The van der Waals surface area contributed by atoms with E-state index in [1.54, 1.807) is 0 Å². The summed E-state index contributed by atoms with van der Waals surface area (Å²) in [6.07, 6.45) is 1.82. The number of hydrogen-bond donors (Lipinski definition) is 2. The summed E-state index contributed by atoms with van der Waals surface area (Å²) in [5.41, 5.74) is 5.49. The van der Waals surface area contributed by atoms with Crippen LogP contribution in [-0.2, 0) is 5.75 Å². The summed E-state index contributed by atoms with van der Waals surface area (Å²) in [4.78, 5) is 5.17. The van der Waals surface area contributed by atoms with E-state index in [-0.39, 0.29) is 6.61 Å². The normalized spacial score (nSPS) is 13.1. The standard InChI is InChI=1S/C8H14N2OS2/c1-6(3-11)4-12-5-7-2-10-8(9)13-7/h2,6,11H,3-5H2,1H3,(H2,9,10). The Morgan fingerprint density at radius 1 is 1.77 bits per heavy atom. The summed E-state index contributed by atoms with van der Waals surface area (Å²) >= 11 is 3.34. The van der Waals surface area contributed by atoms with Gasteiger partial charge in [0.1, 0.15) is 0 Å². The van der Waals surface area contributed by atoms with Crippen molar-refractivity contribution in [3.8, 4) is 0 Å². The first-order valence-corrected chi connectivity index (χ1v) is 6.08. The first-order chi connectivity index (χ1) is 6.22. The molecule has 1 aromatic rings. The number of nitrogens with zero attached hydrogens (tertiary/aromatic N) is 1. The molecule has 0 spiro atoms. The smallest absolute Gasteiger partial charge is 0.180 e. The van der Waals surface area contributed by atoms with Crippen molar-refractivity contribution in [2.45, 2.75) is 12.7 Å². The molecule has 0 bridgehead atoms. The lowest BCUT2D eigenvalue weighted by atomic mass is 10.2.